The summed E-state index contributed by atoms with van der Waals surface area (Å²) in [6.07, 6.45) is -1.75. The molecule has 184 valence electrons. The third-order valence-corrected chi connectivity index (χ3v) is 5.83. The van der Waals surface area contributed by atoms with Gasteiger partial charge in [-0.3, -0.25) is 14.4 Å². The van der Waals surface area contributed by atoms with Crippen molar-refractivity contribution in [2.45, 2.75) is 82.9 Å². The maximum absolute atomic E-state index is 12.5. The zero-order valence-electron chi connectivity index (χ0n) is 19.2. The van der Waals surface area contributed by atoms with Crippen molar-refractivity contribution in [1.82, 2.24) is 5.32 Å². The predicted octanol–water partition coefficient (Wildman–Crippen LogP) is 1.96. The number of rotatable bonds is 12. The SMILES string of the molecule is CC1C[C@@H](O[C@H](C)CCC(=O)O[C@H](CNC(=O)CCC(=O)O)c2ccccc2)C(O)C[C@H]1O. The fraction of sp³-hybridized carbons (Fsp3) is 0.625. The Morgan fingerprint density at radius 3 is 2.42 bits per heavy atom. The van der Waals surface area contributed by atoms with Gasteiger partial charge in [-0.1, -0.05) is 37.3 Å². The van der Waals surface area contributed by atoms with E-state index >= 15 is 0 Å². The minimum absolute atomic E-state index is 0.0351. The Balaban J connectivity index is 1.84. The third-order valence-electron chi connectivity index (χ3n) is 5.83. The Morgan fingerprint density at radius 1 is 1.06 bits per heavy atom. The van der Waals surface area contributed by atoms with Gasteiger partial charge in [0.25, 0.3) is 0 Å². The van der Waals surface area contributed by atoms with Crippen LogP contribution in [0.4, 0.5) is 0 Å². The quantitative estimate of drug-likeness (QED) is 0.343. The molecule has 0 radical (unpaired) electrons. The van der Waals surface area contributed by atoms with E-state index in [1.807, 2.05) is 19.9 Å². The number of amides is 1. The average molecular weight is 466 g/mol. The summed E-state index contributed by atoms with van der Waals surface area (Å²) in [7, 11) is 0. The fourth-order valence-corrected chi connectivity index (χ4v) is 3.77. The number of carbonyl (C=O) groups is 3. The molecule has 0 aliphatic heterocycles. The van der Waals surface area contributed by atoms with Crippen LogP contribution in [-0.4, -0.2) is 64.1 Å². The molecule has 1 saturated carbocycles. The molecule has 33 heavy (non-hydrogen) atoms. The van der Waals surface area contributed by atoms with Crippen LogP contribution in [0.15, 0.2) is 30.3 Å². The van der Waals surface area contributed by atoms with E-state index in [1.54, 1.807) is 24.3 Å². The number of hydrogen-bond acceptors (Lipinski definition) is 7. The molecule has 1 aliphatic carbocycles. The molecule has 0 heterocycles. The molecule has 1 fully saturated rings. The van der Waals surface area contributed by atoms with Crippen molar-refractivity contribution in [2.24, 2.45) is 5.92 Å². The van der Waals surface area contributed by atoms with E-state index in [1.165, 1.54) is 0 Å². The van der Waals surface area contributed by atoms with Crippen molar-refractivity contribution in [2.75, 3.05) is 6.54 Å². The second kappa shape index (κ2) is 13.3. The topological polar surface area (TPSA) is 142 Å². The van der Waals surface area contributed by atoms with Crippen LogP contribution in [0.5, 0.6) is 0 Å². The van der Waals surface area contributed by atoms with Gasteiger partial charge in [-0.2, -0.15) is 0 Å². The van der Waals surface area contributed by atoms with Crippen molar-refractivity contribution in [3.05, 3.63) is 35.9 Å². The molecule has 2 unspecified atom stereocenters. The van der Waals surface area contributed by atoms with Crippen LogP contribution in [0.3, 0.4) is 0 Å². The number of aliphatic carboxylic acids is 1. The van der Waals surface area contributed by atoms with Gasteiger partial charge in [-0.05, 0) is 31.2 Å². The molecular weight excluding hydrogens is 430 g/mol. The number of carboxylic acid groups (broad SMARTS) is 1. The first-order valence-electron chi connectivity index (χ1n) is 11.4. The van der Waals surface area contributed by atoms with Crippen molar-refractivity contribution in [3.8, 4) is 0 Å². The number of carboxylic acids is 1. The summed E-state index contributed by atoms with van der Waals surface area (Å²) in [4.78, 5) is 35.0. The van der Waals surface area contributed by atoms with Crippen LogP contribution in [-0.2, 0) is 23.9 Å². The lowest BCUT2D eigenvalue weighted by atomic mass is 9.84. The van der Waals surface area contributed by atoms with Crippen LogP contribution in [0.1, 0.15) is 64.0 Å². The predicted molar refractivity (Wildman–Crippen MR) is 119 cm³/mol. The summed E-state index contributed by atoms with van der Waals surface area (Å²) >= 11 is 0. The average Bonchev–Trinajstić information content (AvgIpc) is 2.78. The van der Waals surface area contributed by atoms with E-state index in [4.69, 9.17) is 14.6 Å². The van der Waals surface area contributed by atoms with Gasteiger partial charge in [0, 0.05) is 19.3 Å². The second-order valence-electron chi connectivity index (χ2n) is 8.69. The molecule has 1 amide bonds. The van der Waals surface area contributed by atoms with E-state index in [2.05, 4.69) is 5.32 Å². The molecule has 0 saturated heterocycles. The van der Waals surface area contributed by atoms with E-state index in [0.29, 0.717) is 18.4 Å². The highest BCUT2D eigenvalue weighted by molar-refractivity contribution is 5.80. The van der Waals surface area contributed by atoms with Crippen LogP contribution >= 0.6 is 0 Å². The van der Waals surface area contributed by atoms with Crippen molar-refractivity contribution in [3.63, 3.8) is 0 Å². The molecule has 1 aliphatic rings. The first-order chi connectivity index (χ1) is 15.7. The number of ether oxygens (including phenoxy) is 2. The van der Waals surface area contributed by atoms with Gasteiger partial charge in [-0.25, -0.2) is 0 Å². The lowest BCUT2D eigenvalue weighted by molar-refractivity contribution is -0.152. The Kier molecular flexibility index (Phi) is 10.8. The molecule has 0 spiro atoms. The molecule has 6 atom stereocenters. The summed E-state index contributed by atoms with van der Waals surface area (Å²) in [5, 5.41) is 31.3. The Morgan fingerprint density at radius 2 is 1.76 bits per heavy atom. The van der Waals surface area contributed by atoms with Crippen molar-refractivity contribution >= 4 is 17.8 Å². The van der Waals surface area contributed by atoms with Crippen molar-refractivity contribution < 1.29 is 39.2 Å². The second-order valence-corrected chi connectivity index (χ2v) is 8.69. The van der Waals surface area contributed by atoms with Gasteiger partial charge in [0.1, 0.15) is 6.10 Å². The van der Waals surface area contributed by atoms with Gasteiger partial charge in [-0.15, -0.1) is 0 Å². The molecular formula is C24H35NO8. The van der Waals surface area contributed by atoms with Crippen molar-refractivity contribution in [1.29, 1.82) is 0 Å². The minimum Gasteiger partial charge on any atom is -0.481 e. The van der Waals surface area contributed by atoms with Crippen LogP contribution in [0, 0.1) is 5.92 Å². The smallest absolute Gasteiger partial charge is 0.306 e. The number of aliphatic hydroxyl groups excluding tert-OH is 2. The standard InChI is InChI=1S/C24H35NO8/c1-15-12-20(19(27)13-18(15)26)32-16(2)8-11-24(31)33-21(17-6-4-3-5-7-17)14-25-22(28)9-10-23(29)30/h3-7,15-16,18-21,26-27H,8-14H2,1-2H3,(H,25,28)(H,29,30)/t15?,16-,18-,19?,20-,21-/m1/s1. The molecule has 9 heteroatoms. The van der Waals surface area contributed by atoms with E-state index < -0.39 is 36.2 Å². The zero-order chi connectivity index (χ0) is 24.4. The maximum atomic E-state index is 12.5. The zero-order valence-corrected chi connectivity index (χ0v) is 19.2. The summed E-state index contributed by atoms with van der Waals surface area (Å²) in [5.41, 5.74) is 0.714. The summed E-state index contributed by atoms with van der Waals surface area (Å²) in [6, 6.07) is 8.99. The van der Waals surface area contributed by atoms with Crippen LogP contribution in [0.25, 0.3) is 0 Å². The maximum Gasteiger partial charge on any atom is 0.306 e. The normalized spacial score (nSPS) is 24.5. The number of benzene rings is 1. The first kappa shape index (κ1) is 26.8. The molecule has 1 aromatic rings. The van der Waals surface area contributed by atoms with E-state index in [0.717, 1.165) is 0 Å². The van der Waals surface area contributed by atoms with Gasteiger partial charge in [0.2, 0.25) is 5.91 Å². The first-order valence-corrected chi connectivity index (χ1v) is 11.4. The lowest BCUT2D eigenvalue weighted by Crippen LogP contribution is -2.43. The number of carbonyl (C=O) groups excluding carboxylic acids is 2. The lowest BCUT2D eigenvalue weighted by Gasteiger charge is -2.36. The fourth-order valence-electron chi connectivity index (χ4n) is 3.77. The number of hydrogen-bond donors (Lipinski definition) is 4. The highest BCUT2D eigenvalue weighted by atomic mass is 16.5. The monoisotopic (exact) mass is 465 g/mol. The number of esters is 1. The van der Waals surface area contributed by atoms with Crippen LogP contribution < -0.4 is 5.32 Å². The highest BCUT2D eigenvalue weighted by Crippen LogP contribution is 2.28. The van der Waals surface area contributed by atoms with Gasteiger partial charge < -0.3 is 30.1 Å². The minimum atomic E-state index is -1.06. The summed E-state index contributed by atoms with van der Waals surface area (Å²) < 4.78 is 11.5. The molecule has 4 N–H and O–H groups in total. The Labute approximate surface area is 194 Å². The van der Waals surface area contributed by atoms with Gasteiger partial charge >= 0.3 is 11.9 Å². The number of nitrogens with one attached hydrogen (secondary N) is 1. The molecule has 0 aromatic heterocycles. The Hall–Kier alpha value is -2.49. The highest BCUT2D eigenvalue weighted by Gasteiger charge is 2.34. The molecule has 9 nitrogen and oxygen atoms in total. The van der Waals surface area contributed by atoms with Gasteiger partial charge in [0.05, 0.1) is 37.4 Å². The summed E-state index contributed by atoms with van der Waals surface area (Å²) in [6.45, 7) is 3.78. The van der Waals surface area contributed by atoms with E-state index in [9.17, 15) is 24.6 Å². The van der Waals surface area contributed by atoms with E-state index in [-0.39, 0.29) is 50.4 Å². The largest absolute Gasteiger partial charge is 0.481 e. The third kappa shape index (κ3) is 9.49. The Bertz CT molecular complexity index is 771. The number of aliphatic hydroxyl groups is 2. The molecule has 2 rings (SSSR count). The van der Waals surface area contributed by atoms with Crippen LogP contribution in [0.2, 0.25) is 0 Å². The molecule has 0 bridgehead atoms. The van der Waals surface area contributed by atoms with Gasteiger partial charge in [0.15, 0.2) is 0 Å². The summed E-state index contributed by atoms with van der Waals surface area (Å²) in [5.74, 6) is -1.90. The molecule has 1 aromatic carbocycles.